The molecular weight excluding hydrogens is 290 g/mol. The highest BCUT2D eigenvalue weighted by molar-refractivity contribution is 6.06. The fourth-order valence-electron chi connectivity index (χ4n) is 3.18. The zero-order chi connectivity index (χ0) is 16.5. The number of nitrogens with zero attached hydrogens (tertiary/aromatic N) is 1. The van der Waals surface area contributed by atoms with Crippen molar-refractivity contribution in [2.24, 2.45) is 0 Å². The van der Waals surface area contributed by atoms with Crippen LogP contribution in [0, 0.1) is 13.8 Å². The van der Waals surface area contributed by atoms with Gasteiger partial charge in [-0.05, 0) is 42.0 Å². The standard InChI is InChI=1S/C23H19N/c1-16-17(2)22(15-12-18-8-4-3-5-9-18)24-23-20(16)14-13-19-10-6-7-11-21(19)23/h3-15H,1-2H3/b15-12+. The van der Waals surface area contributed by atoms with Gasteiger partial charge in [-0.1, -0.05) is 72.8 Å². The smallest absolute Gasteiger partial charge is 0.0790 e. The van der Waals surface area contributed by atoms with Crippen LogP contribution < -0.4 is 0 Å². The molecule has 1 aromatic heterocycles. The van der Waals surface area contributed by atoms with Gasteiger partial charge >= 0.3 is 0 Å². The Morgan fingerprint density at radius 2 is 1.42 bits per heavy atom. The van der Waals surface area contributed by atoms with E-state index >= 15 is 0 Å². The maximum atomic E-state index is 4.99. The second kappa shape index (κ2) is 5.93. The molecule has 0 saturated heterocycles. The summed E-state index contributed by atoms with van der Waals surface area (Å²) in [5, 5.41) is 3.69. The van der Waals surface area contributed by atoms with Gasteiger partial charge in [-0.3, -0.25) is 0 Å². The summed E-state index contributed by atoms with van der Waals surface area (Å²) in [5.41, 5.74) is 5.86. The van der Waals surface area contributed by atoms with Crippen molar-refractivity contribution in [3.05, 3.63) is 89.1 Å². The summed E-state index contributed by atoms with van der Waals surface area (Å²) in [6, 6.07) is 23.2. The number of aromatic nitrogens is 1. The summed E-state index contributed by atoms with van der Waals surface area (Å²) >= 11 is 0. The van der Waals surface area contributed by atoms with Crippen molar-refractivity contribution in [2.75, 3.05) is 0 Å². The Morgan fingerprint density at radius 3 is 2.25 bits per heavy atom. The zero-order valence-corrected chi connectivity index (χ0v) is 14.0. The van der Waals surface area contributed by atoms with E-state index in [0.717, 1.165) is 11.2 Å². The number of rotatable bonds is 2. The average molecular weight is 309 g/mol. The molecule has 0 N–H and O–H groups in total. The van der Waals surface area contributed by atoms with Gasteiger partial charge in [0.2, 0.25) is 0 Å². The van der Waals surface area contributed by atoms with E-state index in [1.54, 1.807) is 0 Å². The summed E-state index contributed by atoms with van der Waals surface area (Å²) in [4.78, 5) is 4.99. The maximum absolute atomic E-state index is 4.99. The molecule has 1 nitrogen and oxygen atoms in total. The van der Waals surface area contributed by atoms with E-state index in [1.165, 1.54) is 32.8 Å². The molecule has 0 aliphatic carbocycles. The van der Waals surface area contributed by atoms with E-state index in [1.807, 2.05) is 6.07 Å². The summed E-state index contributed by atoms with van der Waals surface area (Å²) in [5.74, 6) is 0. The van der Waals surface area contributed by atoms with Crippen molar-refractivity contribution >= 4 is 33.8 Å². The SMILES string of the molecule is Cc1c(/C=C/c2ccccc2)nc2c(ccc3ccccc32)c1C. The first kappa shape index (κ1) is 14.6. The molecule has 0 bridgehead atoms. The van der Waals surface area contributed by atoms with E-state index in [0.29, 0.717) is 0 Å². The third-order valence-electron chi connectivity index (χ3n) is 4.72. The molecule has 3 aromatic carbocycles. The second-order valence-electron chi connectivity index (χ2n) is 6.17. The monoisotopic (exact) mass is 309 g/mol. The van der Waals surface area contributed by atoms with Gasteiger partial charge in [0, 0.05) is 10.8 Å². The van der Waals surface area contributed by atoms with Gasteiger partial charge in [0.25, 0.3) is 0 Å². The lowest BCUT2D eigenvalue weighted by molar-refractivity contribution is 1.26. The van der Waals surface area contributed by atoms with Crippen LogP contribution in [0.4, 0.5) is 0 Å². The molecule has 116 valence electrons. The van der Waals surface area contributed by atoms with Crippen LogP contribution in [-0.4, -0.2) is 4.98 Å². The number of pyridine rings is 1. The summed E-state index contributed by atoms with van der Waals surface area (Å²) in [6.45, 7) is 4.34. The lowest BCUT2D eigenvalue weighted by Gasteiger charge is -2.11. The normalized spacial score (nSPS) is 11.6. The first-order chi connectivity index (χ1) is 11.7. The Hall–Kier alpha value is -2.93. The van der Waals surface area contributed by atoms with Gasteiger partial charge in [-0.25, -0.2) is 4.98 Å². The van der Waals surface area contributed by atoms with Crippen molar-refractivity contribution < 1.29 is 0 Å². The molecule has 24 heavy (non-hydrogen) atoms. The Kier molecular flexibility index (Phi) is 3.62. The van der Waals surface area contributed by atoms with Crippen LogP contribution in [0.1, 0.15) is 22.4 Å². The van der Waals surface area contributed by atoms with Crippen molar-refractivity contribution in [1.29, 1.82) is 0 Å². The molecule has 0 unspecified atom stereocenters. The lowest BCUT2D eigenvalue weighted by Crippen LogP contribution is -1.94. The summed E-state index contributed by atoms with van der Waals surface area (Å²) in [7, 11) is 0. The summed E-state index contributed by atoms with van der Waals surface area (Å²) < 4.78 is 0. The molecule has 0 radical (unpaired) electrons. The molecule has 0 spiro atoms. The molecule has 4 rings (SSSR count). The Labute approximate surface area is 142 Å². The predicted molar refractivity (Wildman–Crippen MR) is 104 cm³/mol. The van der Waals surface area contributed by atoms with Gasteiger partial charge < -0.3 is 0 Å². The number of aryl methyl sites for hydroxylation is 1. The van der Waals surface area contributed by atoms with Crippen LogP contribution in [0.2, 0.25) is 0 Å². The first-order valence-corrected chi connectivity index (χ1v) is 8.26. The molecule has 0 fully saturated rings. The Morgan fingerprint density at radius 1 is 0.667 bits per heavy atom. The highest BCUT2D eigenvalue weighted by Crippen LogP contribution is 2.29. The van der Waals surface area contributed by atoms with Crippen LogP contribution in [0.25, 0.3) is 33.8 Å². The van der Waals surface area contributed by atoms with Gasteiger partial charge in [0.1, 0.15) is 0 Å². The molecule has 0 atom stereocenters. The largest absolute Gasteiger partial charge is 0.247 e. The van der Waals surface area contributed by atoms with Crippen molar-refractivity contribution in [3.8, 4) is 0 Å². The second-order valence-corrected chi connectivity index (χ2v) is 6.17. The molecule has 0 aliphatic rings. The molecule has 1 heteroatoms. The average Bonchev–Trinajstić information content (AvgIpc) is 2.64. The first-order valence-electron chi connectivity index (χ1n) is 8.26. The highest BCUT2D eigenvalue weighted by atomic mass is 14.7. The van der Waals surface area contributed by atoms with Gasteiger partial charge in [-0.2, -0.15) is 0 Å². The van der Waals surface area contributed by atoms with Crippen LogP contribution >= 0.6 is 0 Å². The van der Waals surface area contributed by atoms with Crippen LogP contribution in [-0.2, 0) is 0 Å². The molecule has 0 saturated carbocycles. The van der Waals surface area contributed by atoms with E-state index in [4.69, 9.17) is 4.98 Å². The van der Waals surface area contributed by atoms with E-state index in [-0.39, 0.29) is 0 Å². The molecule has 1 heterocycles. The highest BCUT2D eigenvalue weighted by Gasteiger charge is 2.09. The topological polar surface area (TPSA) is 12.9 Å². The Balaban J connectivity index is 1.94. The van der Waals surface area contributed by atoms with Gasteiger partial charge in [-0.15, -0.1) is 0 Å². The quantitative estimate of drug-likeness (QED) is 0.403. The number of fused-ring (bicyclic) bond motifs is 3. The van der Waals surface area contributed by atoms with E-state index in [2.05, 4.69) is 86.7 Å². The number of hydrogen-bond donors (Lipinski definition) is 0. The fourth-order valence-corrected chi connectivity index (χ4v) is 3.18. The van der Waals surface area contributed by atoms with Gasteiger partial charge in [0.15, 0.2) is 0 Å². The molecule has 0 amide bonds. The maximum Gasteiger partial charge on any atom is 0.0790 e. The minimum Gasteiger partial charge on any atom is -0.247 e. The minimum atomic E-state index is 1.04. The fraction of sp³-hybridized carbons (Fsp3) is 0.0870. The third-order valence-corrected chi connectivity index (χ3v) is 4.72. The van der Waals surface area contributed by atoms with Crippen LogP contribution in [0.3, 0.4) is 0 Å². The van der Waals surface area contributed by atoms with Crippen LogP contribution in [0.15, 0.2) is 66.7 Å². The lowest BCUT2D eigenvalue weighted by atomic mass is 9.98. The van der Waals surface area contributed by atoms with E-state index < -0.39 is 0 Å². The molecule has 0 aliphatic heterocycles. The van der Waals surface area contributed by atoms with Crippen molar-refractivity contribution in [3.63, 3.8) is 0 Å². The van der Waals surface area contributed by atoms with Crippen LogP contribution in [0.5, 0.6) is 0 Å². The molecule has 4 aromatic rings. The van der Waals surface area contributed by atoms with E-state index in [9.17, 15) is 0 Å². The zero-order valence-electron chi connectivity index (χ0n) is 14.0. The van der Waals surface area contributed by atoms with Gasteiger partial charge in [0.05, 0.1) is 11.2 Å². The van der Waals surface area contributed by atoms with Crippen molar-refractivity contribution in [1.82, 2.24) is 4.98 Å². The third kappa shape index (κ3) is 2.48. The minimum absolute atomic E-state index is 1.04. The summed E-state index contributed by atoms with van der Waals surface area (Å²) in [6.07, 6.45) is 4.25. The molecular formula is C23H19N. The van der Waals surface area contributed by atoms with Crippen molar-refractivity contribution in [2.45, 2.75) is 13.8 Å². The number of benzene rings is 3. The number of hydrogen-bond acceptors (Lipinski definition) is 1. The predicted octanol–water partition coefficient (Wildman–Crippen LogP) is 6.18. The Bertz CT molecular complexity index is 1060.